The lowest BCUT2D eigenvalue weighted by atomic mass is 9.93. The number of urea groups is 2. The summed E-state index contributed by atoms with van der Waals surface area (Å²) in [7, 11) is 1.46. The average Bonchev–Trinajstić information content (AvgIpc) is 2.88. The first-order valence-corrected chi connectivity index (χ1v) is 12.4. The number of para-hydroxylation sites is 1. The molecule has 0 saturated carbocycles. The molecule has 0 aliphatic carbocycles. The second-order valence-electron chi connectivity index (χ2n) is 9.93. The first-order valence-electron chi connectivity index (χ1n) is 12.4. The van der Waals surface area contributed by atoms with E-state index in [1.165, 1.54) is 7.11 Å². The minimum absolute atomic E-state index is 0.0451. The summed E-state index contributed by atoms with van der Waals surface area (Å²) in [6.07, 6.45) is -0.492. The highest BCUT2D eigenvalue weighted by Crippen LogP contribution is 2.26. The molecule has 0 heterocycles. The smallest absolute Gasteiger partial charge is 0.326 e. The summed E-state index contributed by atoms with van der Waals surface area (Å²) in [4.78, 5) is 59.2. The third-order valence-electron chi connectivity index (χ3n) is 5.77. The maximum Gasteiger partial charge on any atom is 0.326 e. The largest absolute Gasteiger partial charge is 0.495 e. The van der Waals surface area contributed by atoms with Crippen molar-refractivity contribution in [2.75, 3.05) is 30.8 Å². The topological polar surface area (TPSA) is 201 Å². The predicted molar refractivity (Wildman–Crippen MR) is 149 cm³/mol. The van der Waals surface area contributed by atoms with Crippen LogP contribution >= 0.6 is 0 Å². The Hall–Kier alpha value is -4.81. The first kappa shape index (κ1) is 31.4. The monoisotopic (exact) mass is 556 g/mol. The summed E-state index contributed by atoms with van der Waals surface area (Å²) in [5.41, 5.74) is 7.11. The molecule has 2 aromatic carbocycles. The number of carbonyl (C=O) groups is 5. The number of carboxylic acids is 1. The van der Waals surface area contributed by atoms with Crippen LogP contribution < -0.4 is 37.1 Å². The molecule has 13 heteroatoms. The molecule has 0 aliphatic rings. The second kappa shape index (κ2) is 14.4. The van der Waals surface area contributed by atoms with Gasteiger partial charge in [-0.25, -0.2) is 14.4 Å². The second-order valence-corrected chi connectivity index (χ2v) is 9.93. The molecule has 0 bridgehead atoms. The molecule has 216 valence electrons. The number of amides is 6. The standard InChI is InChI=1S/C27H36N6O7/c1-16-7-5-6-8-18(16)31-26(39)32-19-10-9-17(11-21(19)40-4)12-23(35)29-14-27(2,3)15-30-25(38)33-20(24(36)37)13-22(28)34/h5-11,20H,12-15H2,1-4H3,(H2,28,34)(H,29,35)(H,36,37)(H2,30,33,38)(H2,31,32,39). The Kier molecular flexibility index (Phi) is 11.3. The van der Waals surface area contributed by atoms with Gasteiger partial charge in [0.15, 0.2) is 0 Å². The number of nitrogens with two attached hydrogens (primary N) is 1. The molecule has 0 fully saturated rings. The molecule has 1 unspecified atom stereocenters. The third kappa shape index (κ3) is 10.5. The molecule has 0 aromatic heterocycles. The van der Waals surface area contributed by atoms with Crippen LogP contribution in [0.5, 0.6) is 5.75 Å². The third-order valence-corrected chi connectivity index (χ3v) is 5.77. The Bertz CT molecular complexity index is 1250. The maximum absolute atomic E-state index is 12.6. The average molecular weight is 557 g/mol. The number of carboxylic acid groups (broad SMARTS) is 1. The van der Waals surface area contributed by atoms with E-state index in [2.05, 4.69) is 26.6 Å². The number of nitrogens with one attached hydrogen (secondary N) is 5. The van der Waals surface area contributed by atoms with E-state index in [0.29, 0.717) is 22.7 Å². The van der Waals surface area contributed by atoms with Crippen molar-refractivity contribution in [3.8, 4) is 5.75 Å². The Morgan fingerprint density at radius 2 is 1.60 bits per heavy atom. The normalized spacial score (nSPS) is 11.5. The van der Waals surface area contributed by atoms with Gasteiger partial charge in [0.1, 0.15) is 11.8 Å². The molecule has 2 aromatic rings. The van der Waals surface area contributed by atoms with Crippen LogP contribution in [0.1, 0.15) is 31.4 Å². The minimum atomic E-state index is -1.44. The molecule has 40 heavy (non-hydrogen) atoms. The minimum Gasteiger partial charge on any atom is -0.495 e. The zero-order valence-electron chi connectivity index (χ0n) is 22.9. The SMILES string of the molecule is COc1cc(CC(=O)NCC(C)(C)CNC(=O)NC(CC(N)=O)C(=O)O)ccc1NC(=O)Nc1ccccc1C. The van der Waals surface area contributed by atoms with Gasteiger partial charge in [0.2, 0.25) is 11.8 Å². The Morgan fingerprint density at radius 1 is 0.950 bits per heavy atom. The molecular weight excluding hydrogens is 520 g/mol. The zero-order valence-corrected chi connectivity index (χ0v) is 22.9. The van der Waals surface area contributed by atoms with E-state index in [0.717, 1.165) is 5.56 Å². The number of benzene rings is 2. The van der Waals surface area contributed by atoms with Crippen LogP contribution in [0.3, 0.4) is 0 Å². The summed E-state index contributed by atoms with van der Waals surface area (Å²) in [6, 6.07) is 9.73. The Labute approximate surface area is 232 Å². The molecule has 8 N–H and O–H groups in total. The number of aliphatic carboxylic acids is 1. The van der Waals surface area contributed by atoms with Gasteiger partial charge >= 0.3 is 18.0 Å². The molecule has 13 nitrogen and oxygen atoms in total. The van der Waals surface area contributed by atoms with Gasteiger partial charge in [-0.1, -0.05) is 38.1 Å². The van der Waals surface area contributed by atoms with Crippen LogP contribution in [0.2, 0.25) is 0 Å². The van der Waals surface area contributed by atoms with Gasteiger partial charge in [-0.05, 0) is 41.7 Å². The van der Waals surface area contributed by atoms with Crippen LogP contribution in [0.4, 0.5) is 21.0 Å². The summed E-state index contributed by atoms with van der Waals surface area (Å²) in [5.74, 6) is -2.13. The van der Waals surface area contributed by atoms with Crippen molar-refractivity contribution in [2.45, 2.75) is 39.7 Å². The van der Waals surface area contributed by atoms with Crippen molar-refractivity contribution < 1.29 is 33.8 Å². The lowest BCUT2D eigenvalue weighted by Crippen LogP contribution is -2.50. The number of hydrogen-bond acceptors (Lipinski definition) is 6. The Balaban J connectivity index is 1.87. The number of primary amides is 1. The van der Waals surface area contributed by atoms with Crippen molar-refractivity contribution in [1.82, 2.24) is 16.0 Å². The Morgan fingerprint density at radius 3 is 2.23 bits per heavy atom. The molecule has 6 amide bonds. The van der Waals surface area contributed by atoms with Crippen molar-refractivity contribution >= 4 is 41.2 Å². The first-order chi connectivity index (χ1) is 18.8. The van der Waals surface area contributed by atoms with Crippen molar-refractivity contribution in [3.63, 3.8) is 0 Å². The van der Waals surface area contributed by atoms with Gasteiger partial charge in [-0.3, -0.25) is 9.59 Å². The molecule has 1 atom stereocenters. The van der Waals surface area contributed by atoms with Gasteiger partial charge in [-0.2, -0.15) is 0 Å². The van der Waals surface area contributed by atoms with E-state index in [1.807, 2.05) is 25.1 Å². The highest BCUT2D eigenvalue weighted by Gasteiger charge is 2.24. The van der Waals surface area contributed by atoms with Crippen LogP contribution in [-0.4, -0.2) is 61.2 Å². The van der Waals surface area contributed by atoms with Gasteiger partial charge in [0, 0.05) is 18.8 Å². The fourth-order valence-corrected chi connectivity index (χ4v) is 3.52. The van der Waals surface area contributed by atoms with E-state index in [9.17, 15) is 24.0 Å². The van der Waals surface area contributed by atoms with Gasteiger partial charge in [0.25, 0.3) is 0 Å². The lowest BCUT2D eigenvalue weighted by molar-refractivity contribution is -0.140. The van der Waals surface area contributed by atoms with E-state index in [4.69, 9.17) is 15.6 Å². The van der Waals surface area contributed by atoms with Crippen LogP contribution in [0, 0.1) is 12.3 Å². The van der Waals surface area contributed by atoms with E-state index < -0.39 is 41.8 Å². The molecule has 0 saturated heterocycles. The summed E-state index contributed by atoms with van der Waals surface area (Å²) in [5, 5.41) is 22.1. The summed E-state index contributed by atoms with van der Waals surface area (Å²) >= 11 is 0. The number of aryl methyl sites for hydroxylation is 1. The predicted octanol–water partition coefficient (Wildman–Crippen LogP) is 1.96. The fourth-order valence-electron chi connectivity index (χ4n) is 3.52. The number of anilines is 2. The van der Waals surface area contributed by atoms with Crippen LogP contribution in [0.25, 0.3) is 0 Å². The number of rotatable bonds is 13. The molecule has 0 aliphatic heterocycles. The van der Waals surface area contributed by atoms with Crippen molar-refractivity contribution in [3.05, 3.63) is 53.6 Å². The summed E-state index contributed by atoms with van der Waals surface area (Å²) < 4.78 is 5.39. The van der Waals surface area contributed by atoms with Crippen molar-refractivity contribution in [2.24, 2.45) is 11.1 Å². The number of ether oxygens (including phenoxy) is 1. The number of hydrogen-bond donors (Lipinski definition) is 7. The highest BCUT2D eigenvalue weighted by atomic mass is 16.5. The molecule has 0 spiro atoms. The van der Waals surface area contributed by atoms with E-state index in [-0.39, 0.29) is 25.4 Å². The van der Waals surface area contributed by atoms with E-state index in [1.54, 1.807) is 38.1 Å². The van der Waals surface area contributed by atoms with E-state index >= 15 is 0 Å². The van der Waals surface area contributed by atoms with Crippen molar-refractivity contribution in [1.29, 1.82) is 0 Å². The van der Waals surface area contributed by atoms with Crippen LogP contribution in [-0.2, 0) is 20.8 Å². The number of carbonyl (C=O) groups excluding carboxylic acids is 4. The number of methoxy groups -OCH3 is 1. The molecule has 0 radical (unpaired) electrons. The zero-order chi connectivity index (χ0) is 29.9. The lowest BCUT2D eigenvalue weighted by Gasteiger charge is -2.26. The maximum atomic E-state index is 12.6. The van der Waals surface area contributed by atoms with Gasteiger partial charge in [-0.15, -0.1) is 0 Å². The summed E-state index contributed by atoms with van der Waals surface area (Å²) in [6.45, 7) is 5.82. The quantitative estimate of drug-likeness (QED) is 0.195. The van der Waals surface area contributed by atoms with Gasteiger partial charge < -0.3 is 42.2 Å². The highest BCUT2D eigenvalue weighted by molar-refractivity contribution is 6.01. The molecular formula is C27H36N6O7. The van der Waals surface area contributed by atoms with Gasteiger partial charge in [0.05, 0.1) is 25.6 Å². The molecule has 2 rings (SSSR count). The van der Waals surface area contributed by atoms with Crippen LogP contribution in [0.15, 0.2) is 42.5 Å². The fraction of sp³-hybridized carbons (Fsp3) is 0.370.